The summed E-state index contributed by atoms with van der Waals surface area (Å²) < 4.78 is 4.89. The second kappa shape index (κ2) is 3.42. The van der Waals surface area contributed by atoms with Crippen LogP contribution in [0.25, 0.3) is 11.4 Å². The van der Waals surface area contributed by atoms with Crippen LogP contribution in [0.3, 0.4) is 0 Å². The number of nitrogens with zero attached hydrogens (tertiary/aromatic N) is 2. The Balaban J connectivity index is 2.57. The summed E-state index contributed by atoms with van der Waals surface area (Å²) in [7, 11) is 0. The minimum Gasteiger partial charge on any atom is -0.339 e. The van der Waals surface area contributed by atoms with Crippen LogP contribution in [-0.2, 0) is 0 Å². The normalized spacial score (nSPS) is 10.5. The SMILES string of the molecule is Cc1nc(-c2cccc(C)c2Cl)no1. The lowest BCUT2D eigenvalue weighted by molar-refractivity contribution is 0.394. The molecule has 1 heterocycles. The van der Waals surface area contributed by atoms with Crippen molar-refractivity contribution in [2.75, 3.05) is 0 Å². The van der Waals surface area contributed by atoms with E-state index in [1.165, 1.54) is 0 Å². The van der Waals surface area contributed by atoms with Crippen molar-refractivity contribution in [3.8, 4) is 11.4 Å². The van der Waals surface area contributed by atoms with Gasteiger partial charge in [0.25, 0.3) is 0 Å². The number of aryl methyl sites for hydroxylation is 2. The van der Waals surface area contributed by atoms with Crippen molar-refractivity contribution >= 4 is 11.6 Å². The molecule has 0 unspecified atom stereocenters. The molecule has 0 fully saturated rings. The molecule has 0 aliphatic carbocycles. The Hall–Kier alpha value is -1.35. The molecule has 1 aromatic heterocycles. The van der Waals surface area contributed by atoms with Gasteiger partial charge in [-0.3, -0.25) is 0 Å². The summed E-state index contributed by atoms with van der Waals surface area (Å²) >= 11 is 6.12. The monoisotopic (exact) mass is 208 g/mol. The molecule has 72 valence electrons. The quantitative estimate of drug-likeness (QED) is 0.723. The lowest BCUT2D eigenvalue weighted by atomic mass is 10.1. The van der Waals surface area contributed by atoms with E-state index in [1.807, 2.05) is 25.1 Å². The molecule has 3 nitrogen and oxygen atoms in total. The Kier molecular flexibility index (Phi) is 2.25. The average Bonchev–Trinajstić information content (AvgIpc) is 2.57. The summed E-state index contributed by atoms with van der Waals surface area (Å²) in [6.45, 7) is 3.69. The fourth-order valence-electron chi connectivity index (χ4n) is 1.23. The smallest absolute Gasteiger partial charge is 0.223 e. The highest BCUT2D eigenvalue weighted by Gasteiger charge is 2.10. The van der Waals surface area contributed by atoms with Gasteiger partial charge in [0, 0.05) is 12.5 Å². The van der Waals surface area contributed by atoms with Crippen LogP contribution >= 0.6 is 11.6 Å². The van der Waals surface area contributed by atoms with E-state index in [0.29, 0.717) is 16.7 Å². The van der Waals surface area contributed by atoms with Crippen LogP contribution in [0.5, 0.6) is 0 Å². The summed E-state index contributed by atoms with van der Waals surface area (Å²) in [5, 5.41) is 4.49. The third-order valence-corrected chi connectivity index (χ3v) is 2.46. The third kappa shape index (κ3) is 1.51. The molecule has 0 amide bonds. The molecule has 2 rings (SSSR count). The summed E-state index contributed by atoms with van der Waals surface area (Å²) in [6, 6.07) is 5.74. The number of aromatic nitrogens is 2. The highest BCUT2D eigenvalue weighted by Crippen LogP contribution is 2.27. The maximum Gasteiger partial charge on any atom is 0.223 e. The van der Waals surface area contributed by atoms with Crippen LogP contribution < -0.4 is 0 Å². The first-order valence-corrected chi connectivity index (χ1v) is 4.62. The summed E-state index contributed by atoms with van der Waals surface area (Å²) in [5.41, 5.74) is 1.81. The molecule has 0 spiro atoms. The number of rotatable bonds is 1. The lowest BCUT2D eigenvalue weighted by Crippen LogP contribution is -1.84. The Labute approximate surface area is 86.7 Å². The summed E-state index contributed by atoms with van der Waals surface area (Å²) in [5.74, 6) is 1.08. The average molecular weight is 209 g/mol. The first-order valence-electron chi connectivity index (χ1n) is 4.24. The summed E-state index contributed by atoms with van der Waals surface area (Å²) in [6.07, 6.45) is 0. The predicted octanol–water partition coefficient (Wildman–Crippen LogP) is 3.01. The van der Waals surface area contributed by atoms with Gasteiger partial charge in [-0.15, -0.1) is 0 Å². The molecule has 2 aromatic rings. The maximum absolute atomic E-state index is 6.12. The molecule has 14 heavy (non-hydrogen) atoms. The van der Waals surface area contributed by atoms with Gasteiger partial charge < -0.3 is 4.52 Å². The topological polar surface area (TPSA) is 38.9 Å². The number of halogens is 1. The van der Waals surface area contributed by atoms with Crippen molar-refractivity contribution < 1.29 is 4.52 Å². The minimum atomic E-state index is 0.538. The van der Waals surface area contributed by atoms with E-state index in [2.05, 4.69) is 10.1 Å². The lowest BCUT2D eigenvalue weighted by Gasteiger charge is -2.01. The van der Waals surface area contributed by atoms with E-state index in [9.17, 15) is 0 Å². The second-order valence-corrected chi connectivity index (χ2v) is 3.45. The highest BCUT2D eigenvalue weighted by molar-refractivity contribution is 6.33. The Morgan fingerprint density at radius 1 is 1.29 bits per heavy atom. The van der Waals surface area contributed by atoms with E-state index in [0.717, 1.165) is 11.1 Å². The first-order chi connectivity index (χ1) is 6.68. The molecule has 4 heteroatoms. The third-order valence-electron chi connectivity index (χ3n) is 1.96. The zero-order valence-electron chi connectivity index (χ0n) is 7.91. The van der Waals surface area contributed by atoms with Crippen molar-refractivity contribution in [3.63, 3.8) is 0 Å². The number of hydrogen-bond donors (Lipinski definition) is 0. The molecule has 0 atom stereocenters. The van der Waals surface area contributed by atoms with Crippen LogP contribution in [-0.4, -0.2) is 10.1 Å². The van der Waals surface area contributed by atoms with Gasteiger partial charge in [-0.2, -0.15) is 4.98 Å². The predicted molar refractivity (Wildman–Crippen MR) is 54.2 cm³/mol. The van der Waals surface area contributed by atoms with Crippen molar-refractivity contribution in [3.05, 3.63) is 34.7 Å². The standard InChI is InChI=1S/C10H9ClN2O/c1-6-4-3-5-8(9(6)11)10-12-7(2)14-13-10/h3-5H,1-2H3. The van der Waals surface area contributed by atoms with Crippen molar-refractivity contribution in [1.82, 2.24) is 10.1 Å². The zero-order chi connectivity index (χ0) is 10.1. The van der Waals surface area contributed by atoms with Gasteiger partial charge in [-0.1, -0.05) is 28.9 Å². The van der Waals surface area contributed by atoms with E-state index in [4.69, 9.17) is 16.1 Å². The molecule has 1 aromatic carbocycles. The van der Waals surface area contributed by atoms with E-state index in [-0.39, 0.29) is 0 Å². The van der Waals surface area contributed by atoms with Gasteiger partial charge in [0.2, 0.25) is 11.7 Å². The van der Waals surface area contributed by atoms with Gasteiger partial charge in [-0.05, 0) is 18.6 Å². The highest BCUT2D eigenvalue weighted by atomic mass is 35.5. The van der Waals surface area contributed by atoms with Gasteiger partial charge in [-0.25, -0.2) is 0 Å². The van der Waals surface area contributed by atoms with E-state index < -0.39 is 0 Å². The molecule has 0 saturated carbocycles. The molecule has 0 bridgehead atoms. The first kappa shape index (κ1) is 9.21. The Morgan fingerprint density at radius 3 is 2.71 bits per heavy atom. The molecular weight excluding hydrogens is 200 g/mol. The fraction of sp³-hybridized carbons (Fsp3) is 0.200. The molecule has 0 aliphatic heterocycles. The molecule has 0 saturated heterocycles. The Bertz CT molecular complexity index is 465. The number of hydrogen-bond acceptors (Lipinski definition) is 3. The van der Waals surface area contributed by atoms with Gasteiger partial charge >= 0.3 is 0 Å². The van der Waals surface area contributed by atoms with E-state index >= 15 is 0 Å². The Morgan fingerprint density at radius 2 is 2.07 bits per heavy atom. The second-order valence-electron chi connectivity index (χ2n) is 3.07. The van der Waals surface area contributed by atoms with Crippen LogP contribution in [0.15, 0.2) is 22.7 Å². The van der Waals surface area contributed by atoms with E-state index in [1.54, 1.807) is 6.92 Å². The zero-order valence-corrected chi connectivity index (χ0v) is 8.67. The van der Waals surface area contributed by atoms with Crippen LogP contribution in [0.1, 0.15) is 11.5 Å². The fourth-order valence-corrected chi connectivity index (χ4v) is 1.44. The van der Waals surface area contributed by atoms with Crippen molar-refractivity contribution in [1.29, 1.82) is 0 Å². The van der Waals surface area contributed by atoms with Crippen molar-refractivity contribution in [2.24, 2.45) is 0 Å². The number of benzene rings is 1. The minimum absolute atomic E-state index is 0.538. The molecule has 0 aliphatic rings. The van der Waals surface area contributed by atoms with Crippen LogP contribution in [0.4, 0.5) is 0 Å². The van der Waals surface area contributed by atoms with Gasteiger partial charge in [0.05, 0.1) is 5.02 Å². The van der Waals surface area contributed by atoms with Crippen LogP contribution in [0, 0.1) is 13.8 Å². The molecule has 0 radical (unpaired) electrons. The van der Waals surface area contributed by atoms with Gasteiger partial charge in [0.15, 0.2) is 0 Å². The summed E-state index contributed by atoms with van der Waals surface area (Å²) in [4.78, 5) is 4.12. The maximum atomic E-state index is 6.12. The van der Waals surface area contributed by atoms with Crippen molar-refractivity contribution in [2.45, 2.75) is 13.8 Å². The molecular formula is C10H9ClN2O. The molecule has 0 N–H and O–H groups in total. The van der Waals surface area contributed by atoms with Crippen LogP contribution in [0.2, 0.25) is 5.02 Å². The van der Waals surface area contributed by atoms with Gasteiger partial charge in [0.1, 0.15) is 0 Å². The largest absolute Gasteiger partial charge is 0.339 e.